The van der Waals surface area contributed by atoms with Gasteiger partial charge in [0.2, 0.25) is 0 Å². The van der Waals surface area contributed by atoms with Gasteiger partial charge >= 0.3 is 0 Å². The quantitative estimate of drug-likeness (QED) is 0.720. The summed E-state index contributed by atoms with van der Waals surface area (Å²) in [5.74, 6) is 1.54. The van der Waals surface area contributed by atoms with Crippen molar-refractivity contribution in [3.05, 3.63) is 96.1 Å². The molecule has 0 aliphatic rings. The summed E-state index contributed by atoms with van der Waals surface area (Å²) < 4.78 is 5.77. The van der Waals surface area contributed by atoms with Crippen molar-refractivity contribution in [1.29, 1.82) is 0 Å². The lowest BCUT2D eigenvalue weighted by molar-refractivity contribution is 0.145. The Labute approximate surface area is 142 Å². The van der Waals surface area contributed by atoms with E-state index in [1.165, 1.54) is 0 Å². The minimum absolute atomic E-state index is 0.434. The molecule has 0 aromatic heterocycles. The first-order valence-corrected chi connectivity index (χ1v) is 8.03. The molecule has 0 spiro atoms. The van der Waals surface area contributed by atoms with Gasteiger partial charge in [-0.2, -0.15) is 0 Å². The predicted molar refractivity (Wildman–Crippen MR) is 96.0 cm³/mol. The highest BCUT2D eigenvalue weighted by Crippen LogP contribution is 2.24. The fourth-order valence-electron chi connectivity index (χ4n) is 2.59. The molecule has 3 N–H and O–H groups in total. The van der Waals surface area contributed by atoms with Crippen LogP contribution in [-0.4, -0.2) is 11.2 Å². The van der Waals surface area contributed by atoms with Gasteiger partial charge in [0.05, 0.1) is 12.1 Å². The summed E-state index contributed by atoms with van der Waals surface area (Å²) in [5, 5.41) is 10.4. The van der Waals surface area contributed by atoms with E-state index in [1.54, 1.807) is 0 Å². The standard InChI is InChI=1S/C21H21NO2/c22-21(20(23)15-16-7-3-1-4-8-16)17-11-13-19(14-12-17)24-18-9-5-2-6-10-18/h1-14,20-21,23H,15,22H2/t20-,21+/m1/s1. The monoisotopic (exact) mass is 319 g/mol. The third kappa shape index (κ3) is 4.22. The molecule has 122 valence electrons. The predicted octanol–water partition coefficient (Wildman–Crippen LogP) is 4.08. The summed E-state index contributed by atoms with van der Waals surface area (Å²) in [6, 6.07) is 26.6. The van der Waals surface area contributed by atoms with Crippen LogP contribution in [0, 0.1) is 0 Å². The van der Waals surface area contributed by atoms with Gasteiger partial charge in [-0.15, -0.1) is 0 Å². The van der Waals surface area contributed by atoms with Crippen LogP contribution in [-0.2, 0) is 6.42 Å². The molecule has 3 nitrogen and oxygen atoms in total. The first kappa shape index (κ1) is 16.2. The van der Waals surface area contributed by atoms with E-state index < -0.39 is 12.1 Å². The van der Waals surface area contributed by atoms with Crippen LogP contribution in [0.4, 0.5) is 0 Å². The molecule has 3 rings (SSSR count). The first-order chi connectivity index (χ1) is 11.7. The minimum Gasteiger partial charge on any atom is -0.457 e. The van der Waals surface area contributed by atoms with Gasteiger partial charge in [0.15, 0.2) is 0 Å². The van der Waals surface area contributed by atoms with Gasteiger partial charge in [0, 0.05) is 6.42 Å². The van der Waals surface area contributed by atoms with Crippen LogP contribution in [0.3, 0.4) is 0 Å². The van der Waals surface area contributed by atoms with Crippen molar-refractivity contribution in [2.24, 2.45) is 5.73 Å². The van der Waals surface area contributed by atoms with Crippen LogP contribution in [0.5, 0.6) is 11.5 Å². The molecule has 0 saturated carbocycles. The molecule has 0 radical (unpaired) electrons. The molecule has 3 heteroatoms. The second-order valence-corrected chi connectivity index (χ2v) is 5.77. The molecule has 0 amide bonds. The summed E-state index contributed by atoms with van der Waals surface area (Å²) in [4.78, 5) is 0. The van der Waals surface area contributed by atoms with Crippen LogP contribution in [0.25, 0.3) is 0 Å². The van der Waals surface area contributed by atoms with Crippen molar-refractivity contribution in [2.75, 3.05) is 0 Å². The maximum Gasteiger partial charge on any atom is 0.127 e. The third-order valence-electron chi connectivity index (χ3n) is 3.95. The van der Waals surface area contributed by atoms with Gasteiger partial charge in [-0.1, -0.05) is 60.7 Å². The van der Waals surface area contributed by atoms with Crippen molar-refractivity contribution >= 4 is 0 Å². The lowest BCUT2D eigenvalue weighted by atomic mass is 9.97. The highest BCUT2D eigenvalue weighted by molar-refractivity contribution is 5.34. The van der Waals surface area contributed by atoms with Crippen molar-refractivity contribution in [3.63, 3.8) is 0 Å². The van der Waals surface area contributed by atoms with Crippen molar-refractivity contribution in [1.82, 2.24) is 0 Å². The summed E-state index contributed by atoms with van der Waals surface area (Å²) in [6.45, 7) is 0. The van der Waals surface area contributed by atoms with Crippen LogP contribution in [0.2, 0.25) is 0 Å². The molecule has 3 aromatic rings. The second kappa shape index (κ2) is 7.77. The van der Waals surface area contributed by atoms with Gasteiger partial charge in [-0.05, 0) is 35.4 Å². The van der Waals surface area contributed by atoms with E-state index in [9.17, 15) is 5.11 Å². The van der Waals surface area contributed by atoms with Gasteiger partial charge < -0.3 is 15.6 Å². The van der Waals surface area contributed by atoms with E-state index in [4.69, 9.17) is 10.5 Å². The lowest BCUT2D eigenvalue weighted by Crippen LogP contribution is -2.28. The third-order valence-corrected chi connectivity index (χ3v) is 3.95. The minimum atomic E-state index is -0.631. The van der Waals surface area contributed by atoms with Crippen LogP contribution >= 0.6 is 0 Å². The zero-order valence-electron chi connectivity index (χ0n) is 13.4. The number of rotatable bonds is 6. The number of benzene rings is 3. The molecular weight excluding hydrogens is 298 g/mol. The molecule has 0 saturated heterocycles. The Kier molecular flexibility index (Phi) is 5.26. The van der Waals surface area contributed by atoms with Crippen molar-refractivity contribution in [3.8, 4) is 11.5 Å². The normalized spacial score (nSPS) is 13.2. The largest absolute Gasteiger partial charge is 0.457 e. The topological polar surface area (TPSA) is 55.5 Å². The maximum atomic E-state index is 10.4. The van der Waals surface area contributed by atoms with Gasteiger partial charge in [-0.25, -0.2) is 0 Å². The molecule has 0 aliphatic heterocycles. The number of aliphatic hydroxyl groups is 1. The number of aliphatic hydroxyl groups excluding tert-OH is 1. The zero-order valence-corrected chi connectivity index (χ0v) is 13.4. The summed E-state index contributed by atoms with van der Waals surface area (Å²) >= 11 is 0. The first-order valence-electron chi connectivity index (χ1n) is 8.03. The van der Waals surface area contributed by atoms with E-state index in [-0.39, 0.29) is 0 Å². The average Bonchev–Trinajstić information content (AvgIpc) is 2.63. The molecule has 0 unspecified atom stereocenters. The van der Waals surface area contributed by atoms with Crippen molar-refractivity contribution < 1.29 is 9.84 Å². The highest BCUT2D eigenvalue weighted by atomic mass is 16.5. The van der Waals surface area contributed by atoms with E-state index in [1.807, 2.05) is 84.9 Å². The van der Waals surface area contributed by atoms with Crippen LogP contribution in [0.15, 0.2) is 84.9 Å². The molecule has 0 bridgehead atoms. The Morgan fingerprint density at radius 2 is 1.29 bits per heavy atom. The van der Waals surface area contributed by atoms with Crippen LogP contribution in [0.1, 0.15) is 17.2 Å². The Hall–Kier alpha value is -2.62. The van der Waals surface area contributed by atoms with Gasteiger partial charge in [-0.3, -0.25) is 0 Å². The molecule has 24 heavy (non-hydrogen) atoms. The number of hydrogen-bond acceptors (Lipinski definition) is 3. The molecule has 3 aromatic carbocycles. The smallest absolute Gasteiger partial charge is 0.127 e. The van der Waals surface area contributed by atoms with E-state index in [2.05, 4.69) is 0 Å². The summed E-state index contributed by atoms with van der Waals surface area (Å²) in [6.07, 6.45) is -0.0992. The molecule has 0 heterocycles. The SMILES string of the molecule is N[C@@H](c1ccc(Oc2ccccc2)cc1)[C@H](O)Cc1ccccc1. The van der Waals surface area contributed by atoms with Crippen LogP contribution < -0.4 is 10.5 Å². The number of ether oxygens (including phenoxy) is 1. The van der Waals surface area contributed by atoms with Crippen molar-refractivity contribution in [2.45, 2.75) is 18.6 Å². The van der Waals surface area contributed by atoms with Gasteiger partial charge in [0.25, 0.3) is 0 Å². The molecule has 2 atom stereocenters. The van der Waals surface area contributed by atoms with Gasteiger partial charge in [0.1, 0.15) is 11.5 Å². The highest BCUT2D eigenvalue weighted by Gasteiger charge is 2.17. The number of nitrogens with two attached hydrogens (primary N) is 1. The fourth-order valence-corrected chi connectivity index (χ4v) is 2.59. The number of hydrogen-bond donors (Lipinski definition) is 2. The Morgan fingerprint density at radius 1 is 0.750 bits per heavy atom. The Balaban J connectivity index is 1.64. The molecular formula is C21H21NO2. The molecule has 0 fully saturated rings. The molecule has 0 aliphatic carbocycles. The maximum absolute atomic E-state index is 10.4. The summed E-state index contributed by atoms with van der Waals surface area (Å²) in [5.41, 5.74) is 8.16. The van der Waals surface area contributed by atoms with E-state index >= 15 is 0 Å². The Bertz CT molecular complexity index is 742. The van der Waals surface area contributed by atoms with E-state index in [0.29, 0.717) is 6.42 Å². The zero-order chi connectivity index (χ0) is 16.8. The Morgan fingerprint density at radius 3 is 1.92 bits per heavy atom. The average molecular weight is 319 g/mol. The second-order valence-electron chi connectivity index (χ2n) is 5.77. The van der Waals surface area contributed by atoms with E-state index in [0.717, 1.165) is 22.6 Å². The number of para-hydroxylation sites is 1. The summed E-state index contributed by atoms with van der Waals surface area (Å²) in [7, 11) is 0. The lowest BCUT2D eigenvalue weighted by Gasteiger charge is -2.19. The fraction of sp³-hybridized carbons (Fsp3) is 0.143.